The summed E-state index contributed by atoms with van der Waals surface area (Å²) in [5.74, 6) is 1.55. The summed E-state index contributed by atoms with van der Waals surface area (Å²) >= 11 is 0. The molecule has 8 aromatic rings. The normalized spacial score (nSPS) is 17.3. The average molecular weight is 797 g/mol. The maximum atomic E-state index is 5.37. The van der Waals surface area contributed by atoms with Crippen molar-refractivity contribution in [3.05, 3.63) is 235 Å². The van der Waals surface area contributed by atoms with Crippen molar-refractivity contribution in [1.82, 2.24) is 9.97 Å². The first kappa shape index (κ1) is 38.8. The summed E-state index contributed by atoms with van der Waals surface area (Å²) in [5.41, 5.74) is 15.9. The third-order valence-corrected chi connectivity index (χ3v) is 12.6. The third-order valence-electron chi connectivity index (χ3n) is 12.6. The van der Waals surface area contributed by atoms with Gasteiger partial charge in [0.15, 0.2) is 5.82 Å². The Morgan fingerprint density at radius 2 is 1.11 bits per heavy atom. The van der Waals surface area contributed by atoms with Crippen LogP contribution in [0.5, 0.6) is 0 Å². The van der Waals surface area contributed by atoms with E-state index in [4.69, 9.17) is 9.97 Å². The maximum Gasteiger partial charge on any atom is 0.160 e. The van der Waals surface area contributed by atoms with Crippen molar-refractivity contribution < 1.29 is 0 Å². The van der Waals surface area contributed by atoms with E-state index in [0.29, 0.717) is 11.8 Å². The predicted molar refractivity (Wildman–Crippen MR) is 265 cm³/mol. The van der Waals surface area contributed by atoms with Gasteiger partial charge >= 0.3 is 0 Å². The van der Waals surface area contributed by atoms with Crippen molar-refractivity contribution in [2.24, 2.45) is 11.8 Å². The van der Waals surface area contributed by atoms with E-state index in [1.165, 1.54) is 60.5 Å². The lowest BCUT2D eigenvalue weighted by Crippen LogP contribution is -2.11. The summed E-state index contributed by atoms with van der Waals surface area (Å²) < 4.78 is 0. The van der Waals surface area contributed by atoms with Gasteiger partial charge < -0.3 is 0 Å². The zero-order valence-electron chi connectivity index (χ0n) is 35.3. The summed E-state index contributed by atoms with van der Waals surface area (Å²) in [7, 11) is 0. The molecule has 298 valence electrons. The van der Waals surface area contributed by atoms with E-state index in [9.17, 15) is 0 Å². The molecule has 0 spiro atoms. The number of benzene rings is 7. The van der Waals surface area contributed by atoms with Crippen LogP contribution in [0.3, 0.4) is 0 Å². The highest BCUT2D eigenvalue weighted by atomic mass is 14.9. The van der Waals surface area contributed by atoms with Crippen LogP contribution in [0.15, 0.2) is 201 Å². The zero-order chi connectivity index (χ0) is 42.2. The molecule has 3 unspecified atom stereocenters. The van der Waals surface area contributed by atoms with Crippen LogP contribution in [0.25, 0.3) is 84.1 Å². The second-order valence-electron chi connectivity index (χ2n) is 16.8. The summed E-state index contributed by atoms with van der Waals surface area (Å²) in [4.78, 5) is 10.7. The largest absolute Gasteiger partial charge is 0.228 e. The fourth-order valence-corrected chi connectivity index (χ4v) is 9.49. The second kappa shape index (κ2) is 16.6. The van der Waals surface area contributed by atoms with Crippen LogP contribution in [0.1, 0.15) is 59.8 Å². The molecule has 0 fully saturated rings. The molecule has 2 nitrogen and oxygen atoms in total. The molecule has 3 atom stereocenters. The molecule has 0 bridgehead atoms. The second-order valence-corrected chi connectivity index (χ2v) is 16.8. The molecule has 2 aliphatic carbocycles. The summed E-state index contributed by atoms with van der Waals surface area (Å²) in [5, 5.41) is 4.83. The minimum absolute atomic E-state index is 0.156. The SMILES string of the molecule is C=Cc1c(C=C)c2ccc(-c3cccc(C4C=C(c5cc(C6=CC(c7ccccc7)=CC(C)C6)nc(-c6cccc(-c7ccccc7)c6)n5)C=CC4C)c3)cc2c2ccccc12. The first-order valence-corrected chi connectivity index (χ1v) is 21.7. The van der Waals surface area contributed by atoms with Crippen LogP contribution in [0.2, 0.25) is 0 Å². The molecular formula is C60H48N2. The van der Waals surface area contributed by atoms with Gasteiger partial charge in [-0.3, -0.25) is 0 Å². The van der Waals surface area contributed by atoms with Gasteiger partial charge in [0, 0.05) is 11.5 Å². The summed E-state index contributed by atoms with van der Waals surface area (Å²) in [6.45, 7) is 12.9. The quantitative estimate of drug-likeness (QED) is 0.136. The minimum Gasteiger partial charge on any atom is -0.228 e. The van der Waals surface area contributed by atoms with Crippen LogP contribution in [-0.2, 0) is 0 Å². The van der Waals surface area contributed by atoms with Gasteiger partial charge in [-0.25, -0.2) is 9.97 Å². The Morgan fingerprint density at radius 1 is 0.500 bits per heavy atom. The minimum atomic E-state index is 0.156. The maximum absolute atomic E-state index is 5.37. The van der Waals surface area contributed by atoms with Crippen LogP contribution >= 0.6 is 0 Å². The van der Waals surface area contributed by atoms with Gasteiger partial charge in [0.05, 0.1) is 11.4 Å². The van der Waals surface area contributed by atoms with Crippen molar-refractivity contribution in [2.45, 2.75) is 26.2 Å². The molecule has 7 aromatic carbocycles. The van der Waals surface area contributed by atoms with Gasteiger partial charge in [-0.1, -0.05) is 203 Å². The fourth-order valence-electron chi connectivity index (χ4n) is 9.49. The van der Waals surface area contributed by atoms with Gasteiger partial charge in [0.1, 0.15) is 0 Å². The lowest BCUT2D eigenvalue weighted by molar-refractivity contribution is 0.637. The van der Waals surface area contributed by atoms with Crippen molar-refractivity contribution in [3.8, 4) is 33.6 Å². The van der Waals surface area contributed by atoms with Gasteiger partial charge in [0.2, 0.25) is 0 Å². The lowest BCUT2D eigenvalue weighted by Gasteiger charge is -2.25. The molecule has 1 heterocycles. The molecule has 0 saturated carbocycles. The first-order valence-electron chi connectivity index (χ1n) is 21.7. The number of rotatable bonds is 9. The van der Waals surface area contributed by atoms with Crippen molar-refractivity contribution in [2.75, 3.05) is 0 Å². The van der Waals surface area contributed by atoms with Gasteiger partial charge in [-0.2, -0.15) is 0 Å². The van der Waals surface area contributed by atoms with E-state index in [2.05, 4.69) is 215 Å². The van der Waals surface area contributed by atoms with Gasteiger partial charge in [0.25, 0.3) is 0 Å². The molecule has 10 rings (SSSR count). The number of hydrogen-bond acceptors (Lipinski definition) is 2. The highest BCUT2D eigenvalue weighted by molar-refractivity contribution is 6.15. The van der Waals surface area contributed by atoms with Crippen molar-refractivity contribution in [3.63, 3.8) is 0 Å². The van der Waals surface area contributed by atoms with Crippen LogP contribution in [-0.4, -0.2) is 9.97 Å². The number of allylic oxidation sites excluding steroid dienone is 8. The molecule has 2 heteroatoms. The Kier molecular flexibility index (Phi) is 10.4. The van der Waals surface area contributed by atoms with E-state index in [-0.39, 0.29) is 5.92 Å². The number of hydrogen-bond donors (Lipinski definition) is 0. The summed E-state index contributed by atoms with van der Waals surface area (Å²) in [6.07, 6.45) is 16.6. The Labute approximate surface area is 365 Å². The highest BCUT2D eigenvalue weighted by Gasteiger charge is 2.24. The topological polar surface area (TPSA) is 25.8 Å². The molecule has 0 amide bonds. The fraction of sp³-hybridized carbons (Fsp3) is 0.100. The molecular weight excluding hydrogens is 749 g/mol. The van der Waals surface area contributed by atoms with E-state index in [1.807, 2.05) is 12.2 Å². The number of nitrogens with zero attached hydrogens (tertiary/aromatic N) is 2. The molecule has 0 N–H and O–H groups in total. The van der Waals surface area contributed by atoms with Crippen molar-refractivity contribution in [1.29, 1.82) is 0 Å². The standard InChI is InChI=1S/C60H48N2/c1-5-51-52(6-2)55-30-29-45(36-57(55)54-26-14-13-25-53(51)54)44-22-15-23-46(33-44)56-37-47(28-27-40(56)4)58-38-59(50-32-39(3)31-49(35-50)42-19-11-8-12-20-42)62-60(61-58)48-24-16-21-43(34-48)41-17-9-7-10-18-41/h5-31,33-40,56H,1-2,32H2,3-4H3. The third kappa shape index (κ3) is 7.39. The average Bonchev–Trinajstić information content (AvgIpc) is 3.33. The molecule has 0 saturated heterocycles. The smallest absolute Gasteiger partial charge is 0.160 e. The zero-order valence-corrected chi connectivity index (χ0v) is 35.3. The Morgan fingerprint density at radius 3 is 1.87 bits per heavy atom. The molecule has 62 heavy (non-hydrogen) atoms. The highest BCUT2D eigenvalue weighted by Crippen LogP contribution is 2.41. The van der Waals surface area contributed by atoms with E-state index >= 15 is 0 Å². The lowest BCUT2D eigenvalue weighted by atomic mass is 9.80. The van der Waals surface area contributed by atoms with Gasteiger partial charge in [-0.15, -0.1) is 0 Å². The van der Waals surface area contributed by atoms with Crippen LogP contribution < -0.4 is 0 Å². The summed E-state index contributed by atoms with van der Waals surface area (Å²) in [6, 6.07) is 56.6. The molecule has 1 aromatic heterocycles. The first-order chi connectivity index (χ1) is 30.4. The molecule has 0 aliphatic heterocycles. The van der Waals surface area contributed by atoms with Crippen LogP contribution in [0.4, 0.5) is 0 Å². The number of aromatic nitrogens is 2. The monoisotopic (exact) mass is 796 g/mol. The van der Waals surface area contributed by atoms with Crippen molar-refractivity contribution >= 4 is 50.4 Å². The van der Waals surface area contributed by atoms with Crippen LogP contribution in [0, 0.1) is 11.8 Å². The Hall–Kier alpha value is -7.42. The molecule has 0 radical (unpaired) electrons. The molecule has 2 aliphatic rings. The van der Waals surface area contributed by atoms with E-state index < -0.39 is 0 Å². The van der Waals surface area contributed by atoms with Gasteiger partial charge in [-0.05, 0) is 125 Å². The predicted octanol–water partition coefficient (Wildman–Crippen LogP) is 15.9. The Balaban J connectivity index is 1.06. The Bertz CT molecular complexity index is 3160. The number of fused-ring (bicyclic) bond motifs is 3. The van der Waals surface area contributed by atoms with E-state index in [0.717, 1.165) is 51.5 Å². The van der Waals surface area contributed by atoms with E-state index in [1.54, 1.807) is 0 Å².